The molecule has 98 valence electrons. The van der Waals surface area contributed by atoms with Crippen molar-refractivity contribution in [3.63, 3.8) is 0 Å². The second-order valence-corrected chi connectivity index (χ2v) is 6.67. The van der Waals surface area contributed by atoms with Gasteiger partial charge in [-0.3, -0.25) is 0 Å². The topological polar surface area (TPSA) is 55.4 Å². The van der Waals surface area contributed by atoms with Crippen molar-refractivity contribution < 1.29 is 13.2 Å². The zero-order valence-electron chi connectivity index (χ0n) is 10.8. The smallest absolute Gasteiger partial charge is 0.151 e. The van der Waals surface area contributed by atoms with Crippen molar-refractivity contribution in [1.82, 2.24) is 5.32 Å². The first-order valence-electron chi connectivity index (χ1n) is 5.94. The van der Waals surface area contributed by atoms with Gasteiger partial charge in [-0.2, -0.15) is 0 Å². The second kappa shape index (κ2) is 8.03. The van der Waals surface area contributed by atoms with Crippen molar-refractivity contribution in [2.75, 3.05) is 31.3 Å². The molecule has 0 aliphatic rings. The van der Waals surface area contributed by atoms with Gasteiger partial charge in [0.05, 0.1) is 12.4 Å². The third kappa shape index (κ3) is 7.19. The van der Waals surface area contributed by atoms with Gasteiger partial charge in [0.15, 0.2) is 9.84 Å². The molecule has 5 heteroatoms. The van der Waals surface area contributed by atoms with E-state index in [2.05, 4.69) is 19.2 Å². The Morgan fingerprint density at radius 2 is 1.88 bits per heavy atom. The Labute approximate surface area is 99.7 Å². The van der Waals surface area contributed by atoms with Gasteiger partial charge in [-0.1, -0.05) is 20.8 Å². The fourth-order valence-electron chi connectivity index (χ4n) is 1.28. The maximum absolute atomic E-state index is 11.3. The van der Waals surface area contributed by atoms with Gasteiger partial charge < -0.3 is 10.1 Å². The van der Waals surface area contributed by atoms with Gasteiger partial charge in [0, 0.05) is 24.9 Å². The van der Waals surface area contributed by atoms with E-state index in [-0.39, 0.29) is 17.5 Å². The molecule has 0 rings (SSSR count). The van der Waals surface area contributed by atoms with Gasteiger partial charge in [0.25, 0.3) is 0 Å². The van der Waals surface area contributed by atoms with Crippen LogP contribution in [0.4, 0.5) is 0 Å². The largest absolute Gasteiger partial charge is 0.380 e. The Balaban J connectivity index is 3.94. The van der Waals surface area contributed by atoms with Gasteiger partial charge in [-0.15, -0.1) is 0 Å². The quantitative estimate of drug-likeness (QED) is 0.666. The molecule has 1 atom stereocenters. The Bertz CT molecular complexity index is 262. The highest BCUT2D eigenvalue weighted by molar-refractivity contribution is 7.91. The van der Waals surface area contributed by atoms with Crippen LogP contribution in [0, 0.1) is 5.92 Å². The number of nitrogens with one attached hydrogen (secondary N) is 1. The van der Waals surface area contributed by atoms with Crippen LogP contribution in [-0.2, 0) is 14.6 Å². The van der Waals surface area contributed by atoms with Gasteiger partial charge >= 0.3 is 0 Å². The summed E-state index contributed by atoms with van der Waals surface area (Å²) in [6, 6.07) is 0.229. The average molecular weight is 251 g/mol. The van der Waals surface area contributed by atoms with E-state index in [4.69, 9.17) is 4.74 Å². The molecule has 0 aromatic carbocycles. The van der Waals surface area contributed by atoms with E-state index < -0.39 is 9.84 Å². The molecule has 0 aliphatic heterocycles. The molecule has 0 radical (unpaired) electrons. The Morgan fingerprint density at radius 3 is 2.31 bits per heavy atom. The predicted molar refractivity (Wildman–Crippen MR) is 67.4 cm³/mol. The minimum absolute atomic E-state index is 0.207. The summed E-state index contributed by atoms with van der Waals surface area (Å²) in [6.07, 6.45) is 0. The predicted octanol–water partition coefficient (Wildman–Crippen LogP) is 1.07. The minimum Gasteiger partial charge on any atom is -0.380 e. The Kier molecular flexibility index (Phi) is 7.97. The molecule has 0 saturated heterocycles. The van der Waals surface area contributed by atoms with Gasteiger partial charge in [-0.25, -0.2) is 8.42 Å². The maximum atomic E-state index is 11.3. The van der Waals surface area contributed by atoms with Crippen LogP contribution in [-0.4, -0.2) is 45.7 Å². The molecule has 0 fully saturated rings. The molecule has 0 aromatic heterocycles. The van der Waals surface area contributed by atoms with Crippen LogP contribution in [0.2, 0.25) is 0 Å². The fraction of sp³-hybridized carbons (Fsp3) is 1.00. The van der Waals surface area contributed by atoms with Crippen LogP contribution >= 0.6 is 0 Å². The molecule has 0 aromatic rings. The molecular formula is C11H25NO3S. The van der Waals surface area contributed by atoms with Crippen molar-refractivity contribution >= 4 is 9.84 Å². The van der Waals surface area contributed by atoms with Crippen LogP contribution < -0.4 is 5.32 Å². The van der Waals surface area contributed by atoms with E-state index in [1.165, 1.54) is 0 Å². The summed E-state index contributed by atoms with van der Waals surface area (Å²) in [6.45, 7) is 9.68. The molecule has 1 unspecified atom stereocenters. The molecule has 4 nitrogen and oxygen atoms in total. The van der Waals surface area contributed by atoms with E-state index in [0.29, 0.717) is 25.7 Å². The molecule has 0 bridgehead atoms. The highest BCUT2D eigenvalue weighted by Crippen LogP contribution is 2.02. The Morgan fingerprint density at radius 1 is 1.25 bits per heavy atom. The highest BCUT2D eigenvalue weighted by Gasteiger charge is 2.14. The number of ether oxygens (including phenoxy) is 1. The van der Waals surface area contributed by atoms with Crippen LogP contribution in [0.3, 0.4) is 0 Å². The third-order valence-corrected chi connectivity index (χ3v) is 4.27. The SMILES string of the molecule is CCOCC(NCCS(=O)(=O)CC)C(C)C. The zero-order chi connectivity index (χ0) is 12.6. The van der Waals surface area contributed by atoms with Crippen LogP contribution in [0.1, 0.15) is 27.7 Å². The number of sulfone groups is 1. The summed E-state index contributed by atoms with van der Waals surface area (Å²) in [5.74, 6) is 0.863. The lowest BCUT2D eigenvalue weighted by atomic mass is 10.1. The molecule has 0 amide bonds. The zero-order valence-corrected chi connectivity index (χ0v) is 11.6. The first-order chi connectivity index (χ1) is 7.43. The lowest BCUT2D eigenvalue weighted by molar-refractivity contribution is 0.109. The highest BCUT2D eigenvalue weighted by atomic mass is 32.2. The summed E-state index contributed by atoms with van der Waals surface area (Å²) in [4.78, 5) is 0. The maximum Gasteiger partial charge on any atom is 0.151 e. The summed E-state index contributed by atoms with van der Waals surface area (Å²) < 4.78 is 27.9. The van der Waals surface area contributed by atoms with Crippen molar-refractivity contribution in [2.45, 2.75) is 33.7 Å². The Hall–Kier alpha value is -0.130. The van der Waals surface area contributed by atoms with Crippen molar-refractivity contribution in [1.29, 1.82) is 0 Å². The first-order valence-corrected chi connectivity index (χ1v) is 7.76. The molecule has 16 heavy (non-hydrogen) atoms. The van der Waals surface area contributed by atoms with E-state index in [1.807, 2.05) is 6.92 Å². The minimum atomic E-state index is -2.86. The van der Waals surface area contributed by atoms with Crippen LogP contribution in [0.25, 0.3) is 0 Å². The standard InChI is InChI=1S/C11H25NO3S/c1-5-15-9-11(10(3)4)12-7-8-16(13,14)6-2/h10-12H,5-9H2,1-4H3. The summed E-state index contributed by atoms with van der Waals surface area (Å²) in [5, 5.41) is 3.24. The molecule has 0 saturated carbocycles. The van der Waals surface area contributed by atoms with E-state index in [1.54, 1.807) is 6.92 Å². The summed E-state index contributed by atoms with van der Waals surface area (Å²) in [7, 11) is -2.86. The third-order valence-electron chi connectivity index (χ3n) is 2.57. The van der Waals surface area contributed by atoms with E-state index >= 15 is 0 Å². The normalized spacial score (nSPS) is 14.3. The number of hydrogen-bond donors (Lipinski definition) is 1. The van der Waals surface area contributed by atoms with Crippen molar-refractivity contribution in [3.8, 4) is 0 Å². The van der Waals surface area contributed by atoms with Crippen LogP contribution in [0.15, 0.2) is 0 Å². The van der Waals surface area contributed by atoms with Gasteiger partial charge in [0.2, 0.25) is 0 Å². The molecule has 0 spiro atoms. The fourth-order valence-corrected chi connectivity index (χ4v) is 1.99. The average Bonchev–Trinajstić information content (AvgIpc) is 2.22. The molecule has 0 aliphatic carbocycles. The number of rotatable bonds is 9. The lowest BCUT2D eigenvalue weighted by Gasteiger charge is -2.22. The summed E-state index contributed by atoms with van der Waals surface area (Å²) >= 11 is 0. The summed E-state index contributed by atoms with van der Waals surface area (Å²) in [5.41, 5.74) is 0. The van der Waals surface area contributed by atoms with Gasteiger partial charge in [-0.05, 0) is 12.8 Å². The van der Waals surface area contributed by atoms with Crippen molar-refractivity contribution in [3.05, 3.63) is 0 Å². The van der Waals surface area contributed by atoms with E-state index in [0.717, 1.165) is 0 Å². The monoisotopic (exact) mass is 251 g/mol. The second-order valence-electron chi connectivity index (χ2n) is 4.20. The molecule has 1 N–H and O–H groups in total. The van der Waals surface area contributed by atoms with Gasteiger partial charge in [0.1, 0.15) is 0 Å². The first kappa shape index (κ1) is 15.9. The van der Waals surface area contributed by atoms with Crippen LogP contribution in [0.5, 0.6) is 0 Å². The molecular weight excluding hydrogens is 226 g/mol. The number of hydrogen-bond acceptors (Lipinski definition) is 4. The lowest BCUT2D eigenvalue weighted by Crippen LogP contribution is -2.40. The van der Waals surface area contributed by atoms with Crippen molar-refractivity contribution in [2.24, 2.45) is 5.92 Å². The molecule has 0 heterocycles. The van der Waals surface area contributed by atoms with E-state index in [9.17, 15) is 8.42 Å².